The van der Waals surface area contributed by atoms with Crippen LogP contribution in [0.1, 0.15) is 18.3 Å². The third-order valence-corrected chi connectivity index (χ3v) is 3.01. The molecule has 0 amide bonds. The first kappa shape index (κ1) is 13.0. The molecule has 0 unspecified atom stereocenters. The van der Waals surface area contributed by atoms with E-state index in [-0.39, 0.29) is 0 Å². The third-order valence-electron chi connectivity index (χ3n) is 2.60. The van der Waals surface area contributed by atoms with Crippen molar-refractivity contribution in [3.8, 4) is 0 Å². The number of hydrogen-bond donors (Lipinski definition) is 0. The van der Waals surface area contributed by atoms with Crippen LogP contribution in [0.3, 0.4) is 0 Å². The van der Waals surface area contributed by atoms with Crippen molar-refractivity contribution < 1.29 is 0 Å². The predicted molar refractivity (Wildman–Crippen MR) is 75.5 cm³/mol. The molecule has 0 atom stereocenters. The molecular weight excluding hydrogens is 292 g/mol. The molecule has 94 valence electrons. The van der Waals surface area contributed by atoms with Crippen LogP contribution in [0.2, 0.25) is 0 Å². The van der Waals surface area contributed by atoms with Crippen molar-refractivity contribution in [1.82, 2.24) is 15.0 Å². The highest BCUT2D eigenvalue weighted by Gasteiger charge is 2.07. The van der Waals surface area contributed by atoms with Crippen LogP contribution in [0.25, 0.3) is 0 Å². The standard InChI is InChI=1S/C13H15BrN4/c1-3-12-16-11(14)8-13(17-12)18(2)9-10-4-6-15-7-5-10/h4-8H,3,9H2,1-2H3. The van der Waals surface area contributed by atoms with E-state index in [0.29, 0.717) is 0 Å². The zero-order chi connectivity index (χ0) is 13.0. The fourth-order valence-electron chi connectivity index (χ4n) is 1.65. The molecule has 0 saturated heterocycles. The highest BCUT2D eigenvalue weighted by Crippen LogP contribution is 2.17. The van der Waals surface area contributed by atoms with Gasteiger partial charge in [-0.2, -0.15) is 0 Å². The Morgan fingerprint density at radius 1 is 1.22 bits per heavy atom. The molecule has 0 radical (unpaired) electrons. The van der Waals surface area contributed by atoms with Gasteiger partial charge in [0.15, 0.2) is 0 Å². The molecule has 0 aliphatic carbocycles. The van der Waals surface area contributed by atoms with Crippen molar-refractivity contribution in [3.63, 3.8) is 0 Å². The Kier molecular flexibility index (Phi) is 4.25. The van der Waals surface area contributed by atoms with Crippen LogP contribution in [0.4, 0.5) is 5.82 Å². The molecule has 0 N–H and O–H groups in total. The lowest BCUT2D eigenvalue weighted by atomic mass is 10.2. The van der Waals surface area contributed by atoms with Crippen LogP contribution >= 0.6 is 15.9 Å². The summed E-state index contributed by atoms with van der Waals surface area (Å²) >= 11 is 3.42. The van der Waals surface area contributed by atoms with Gasteiger partial charge in [0.2, 0.25) is 0 Å². The molecule has 0 aromatic carbocycles. The van der Waals surface area contributed by atoms with Crippen molar-refractivity contribution >= 4 is 21.7 Å². The number of hydrogen-bond acceptors (Lipinski definition) is 4. The monoisotopic (exact) mass is 306 g/mol. The van der Waals surface area contributed by atoms with E-state index in [1.165, 1.54) is 5.56 Å². The molecule has 2 aromatic heterocycles. The highest BCUT2D eigenvalue weighted by molar-refractivity contribution is 9.10. The van der Waals surface area contributed by atoms with E-state index in [4.69, 9.17) is 0 Å². The average molecular weight is 307 g/mol. The number of anilines is 1. The third kappa shape index (κ3) is 3.26. The molecule has 0 bridgehead atoms. The Hall–Kier alpha value is -1.49. The van der Waals surface area contributed by atoms with Crippen LogP contribution < -0.4 is 4.90 Å². The average Bonchev–Trinajstić information content (AvgIpc) is 2.39. The van der Waals surface area contributed by atoms with E-state index >= 15 is 0 Å². The minimum atomic E-state index is 0.801. The van der Waals surface area contributed by atoms with Crippen LogP contribution in [0, 0.1) is 0 Å². The van der Waals surface area contributed by atoms with Crippen molar-refractivity contribution in [2.45, 2.75) is 19.9 Å². The van der Waals surface area contributed by atoms with E-state index in [2.05, 4.69) is 42.7 Å². The van der Waals surface area contributed by atoms with Gasteiger partial charge < -0.3 is 4.90 Å². The molecule has 0 fully saturated rings. The molecular formula is C13H15BrN4. The largest absolute Gasteiger partial charge is 0.355 e. The Balaban J connectivity index is 2.18. The maximum absolute atomic E-state index is 4.52. The summed E-state index contributed by atoms with van der Waals surface area (Å²) in [4.78, 5) is 14.9. The smallest absolute Gasteiger partial charge is 0.133 e. The zero-order valence-corrected chi connectivity index (χ0v) is 12.1. The van der Waals surface area contributed by atoms with Crippen LogP contribution in [0.5, 0.6) is 0 Å². The molecule has 18 heavy (non-hydrogen) atoms. The van der Waals surface area contributed by atoms with Gasteiger partial charge in [0.1, 0.15) is 16.2 Å². The summed E-state index contributed by atoms with van der Waals surface area (Å²) in [6, 6.07) is 5.95. The Morgan fingerprint density at radius 2 is 1.94 bits per heavy atom. The zero-order valence-electron chi connectivity index (χ0n) is 10.5. The van der Waals surface area contributed by atoms with Gasteiger partial charge in [0.25, 0.3) is 0 Å². The second kappa shape index (κ2) is 5.91. The van der Waals surface area contributed by atoms with Crippen molar-refractivity contribution in [1.29, 1.82) is 0 Å². The fraction of sp³-hybridized carbons (Fsp3) is 0.308. The molecule has 2 aromatic rings. The number of halogens is 1. The summed E-state index contributed by atoms with van der Waals surface area (Å²) in [5.41, 5.74) is 1.21. The van der Waals surface area contributed by atoms with Gasteiger partial charge in [-0.25, -0.2) is 9.97 Å². The topological polar surface area (TPSA) is 41.9 Å². The lowest BCUT2D eigenvalue weighted by Gasteiger charge is -2.18. The quantitative estimate of drug-likeness (QED) is 0.815. The molecule has 0 aliphatic rings. The van der Waals surface area contributed by atoms with E-state index in [0.717, 1.165) is 29.2 Å². The number of rotatable bonds is 4. The molecule has 0 saturated carbocycles. The first-order valence-corrected chi connectivity index (χ1v) is 6.62. The van der Waals surface area contributed by atoms with Gasteiger partial charge >= 0.3 is 0 Å². The van der Waals surface area contributed by atoms with E-state index in [9.17, 15) is 0 Å². The molecule has 5 heteroatoms. The second-order valence-electron chi connectivity index (χ2n) is 4.03. The second-order valence-corrected chi connectivity index (χ2v) is 4.84. The summed E-state index contributed by atoms with van der Waals surface area (Å²) in [5, 5.41) is 0. The van der Waals surface area contributed by atoms with E-state index in [1.807, 2.05) is 25.2 Å². The first-order valence-electron chi connectivity index (χ1n) is 5.82. The molecule has 0 aliphatic heterocycles. The molecule has 2 rings (SSSR count). The SMILES string of the molecule is CCc1nc(Br)cc(N(C)Cc2ccncc2)n1. The van der Waals surface area contributed by atoms with Crippen molar-refractivity contribution in [2.75, 3.05) is 11.9 Å². The Morgan fingerprint density at radius 3 is 2.61 bits per heavy atom. The minimum Gasteiger partial charge on any atom is -0.355 e. The summed E-state index contributed by atoms with van der Waals surface area (Å²) in [7, 11) is 2.02. The lowest BCUT2D eigenvalue weighted by molar-refractivity contribution is 0.852. The number of aryl methyl sites for hydroxylation is 1. The first-order chi connectivity index (χ1) is 8.69. The van der Waals surface area contributed by atoms with Gasteiger partial charge in [-0.05, 0) is 33.6 Å². The van der Waals surface area contributed by atoms with Crippen LogP contribution in [-0.4, -0.2) is 22.0 Å². The van der Waals surface area contributed by atoms with Gasteiger partial charge in [-0.1, -0.05) is 6.92 Å². The van der Waals surface area contributed by atoms with Gasteiger partial charge in [0, 0.05) is 38.5 Å². The highest BCUT2D eigenvalue weighted by atomic mass is 79.9. The molecule has 0 spiro atoms. The van der Waals surface area contributed by atoms with Crippen LogP contribution in [0.15, 0.2) is 35.2 Å². The maximum atomic E-state index is 4.52. The van der Waals surface area contributed by atoms with Crippen molar-refractivity contribution in [3.05, 3.63) is 46.6 Å². The fourth-order valence-corrected chi connectivity index (χ4v) is 2.06. The summed E-state index contributed by atoms with van der Waals surface area (Å²) in [6.45, 7) is 2.85. The van der Waals surface area contributed by atoms with Gasteiger partial charge in [-0.15, -0.1) is 0 Å². The summed E-state index contributed by atoms with van der Waals surface area (Å²) in [6.07, 6.45) is 4.43. The summed E-state index contributed by atoms with van der Waals surface area (Å²) in [5.74, 6) is 1.77. The van der Waals surface area contributed by atoms with E-state index in [1.54, 1.807) is 12.4 Å². The molecule has 4 nitrogen and oxygen atoms in total. The maximum Gasteiger partial charge on any atom is 0.133 e. The number of nitrogens with zero attached hydrogens (tertiary/aromatic N) is 4. The van der Waals surface area contributed by atoms with Crippen molar-refractivity contribution in [2.24, 2.45) is 0 Å². The predicted octanol–water partition coefficient (Wildman–Crippen LogP) is 2.83. The summed E-state index contributed by atoms with van der Waals surface area (Å²) < 4.78 is 0.825. The van der Waals surface area contributed by atoms with Gasteiger partial charge in [0.05, 0.1) is 0 Å². The normalized spacial score (nSPS) is 10.4. The molecule has 2 heterocycles. The van der Waals surface area contributed by atoms with Gasteiger partial charge in [-0.3, -0.25) is 4.98 Å². The number of aromatic nitrogens is 3. The van der Waals surface area contributed by atoms with Crippen LogP contribution in [-0.2, 0) is 13.0 Å². The minimum absolute atomic E-state index is 0.801. The lowest BCUT2D eigenvalue weighted by Crippen LogP contribution is -2.18. The number of pyridine rings is 1. The van der Waals surface area contributed by atoms with E-state index < -0.39 is 0 Å². The Labute approximate surface area is 115 Å². The Bertz CT molecular complexity index is 516.